The number of hydrogen-bond acceptors (Lipinski definition) is 3. The van der Waals surface area contributed by atoms with Crippen molar-refractivity contribution in [2.45, 2.75) is 38.1 Å². The van der Waals surface area contributed by atoms with Gasteiger partial charge in [0.25, 0.3) is 0 Å². The molecule has 0 bridgehead atoms. The van der Waals surface area contributed by atoms with Gasteiger partial charge in [0.1, 0.15) is 0 Å². The Morgan fingerprint density at radius 3 is 2.80 bits per heavy atom. The van der Waals surface area contributed by atoms with Crippen LogP contribution in [-0.4, -0.2) is 39.1 Å². The van der Waals surface area contributed by atoms with Crippen LogP contribution in [0.25, 0.3) is 0 Å². The summed E-state index contributed by atoms with van der Waals surface area (Å²) in [7, 11) is 1.80. The van der Waals surface area contributed by atoms with Crippen molar-refractivity contribution in [3.8, 4) is 0 Å². The molecule has 1 aromatic rings. The van der Waals surface area contributed by atoms with Crippen LogP contribution in [0, 0.1) is 5.92 Å². The SMILES string of the molecule is Cn1ccc(NC(=O)C2CC(=O)N(C3CCCC3)C2)n1. The lowest BCUT2D eigenvalue weighted by Crippen LogP contribution is -2.35. The van der Waals surface area contributed by atoms with Crippen LogP contribution in [0.2, 0.25) is 0 Å². The first-order chi connectivity index (χ1) is 9.63. The molecule has 6 nitrogen and oxygen atoms in total. The molecule has 108 valence electrons. The number of rotatable bonds is 3. The van der Waals surface area contributed by atoms with Crippen molar-refractivity contribution < 1.29 is 9.59 Å². The van der Waals surface area contributed by atoms with Crippen molar-refractivity contribution in [3.63, 3.8) is 0 Å². The van der Waals surface area contributed by atoms with E-state index >= 15 is 0 Å². The second-order valence-corrected chi connectivity index (χ2v) is 5.75. The first-order valence-corrected chi connectivity index (χ1v) is 7.23. The molecule has 3 rings (SSSR count). The number of carbonyl (C=O) groups is 2. The molecule has 1 aromatic heterocycles. The number of nitrogens with zero attached hydrogens (tertiary/aromatic N) is 3. The van der Waals surface area contributed by atoms with E-state index in [2.05, 4.69) is 10.4 Å². The van der Waals surface area contributed by atoms with E-state index in [0.717, 1.165) is 12.8 Å². The lowest BCUT2D eigenvalue weighted by Gasteiger charge is -2.23. The molecule has 1 aliphatic heterocycles. The highest BCUT2D eigenvalue weighted by Gasteiger charge is 2.38. The van der Waals surface area contributed by atoms with Crippen molar-refractivity contribution in [2.75, 3.05) is 11.9 Å². The quantitative estimate of drug-likeness (QED) is 0.900. The molecule has 1 saturated heterocycles. The summed E-state index contributed by atoms with van der Waals surface area (Å²) >= 11 is 0. The van der Waals surface area contributed by atoms with Crippen LogP contribution in [0.3, 0.4) is 0 Å². The van der Waals surface area contributed by atoms with E-state index in [9.17, 15) is 9.59 Å². The van der Waals surface area contributed by atoms with Crippen molar-refractivity contribution in [1.29, 1.82) is 0 Å². The Bertz CT molecular complexity index is 519. The van der Waals surface area contributed by atoms with Crippen molar-refractivity contribution in [2.24, 2.45) is 13.0 Å². The molecule has 2 fully saturated rings. The van der Waals surface area contributed by atoms with Gasteiger partial charge in [-0.2, -0.15) is 5.10 Å². The maximum Gasteiger partial charge on any atom is 0.230 e. The van der Waals surface area contributed by atoms with E-state index in [1.807, 2.05) is 4.90 Å². The van der Waals surface area contributed by atoms with E-state index in [0.29, 0.717) is 24.8 Å². The molecule has 1 atom stereocenters. The van der Waals surface area contributed by atoms with Crippen molar-refractivity contribution >= 4 is 17.6 Å². The molecule has 1 N–H and O–H groups in total. The number of aryl methyl sites for hydroxylation is 1. The highest BCUT2D eigenvalue weighted by Crippen LogP contribution is 2.29. The third-order valence-electron chi connectivity index (χ3n) is 4.26. The van der Waals surface area contributed by atoms with Gasteiger partial charge in [-0.05, 0) is 12.8 Å². The van der Waals surface area contributed by atoms with Crippen LogP contribution < -0.4 is 5.32 Å². The van der Waals surface area contributed by atoms with Gasteiger partial charge in [0.15, 0.2) is 5.82 Å². The zero-order valence-corrected chi connectivity index (χ0v) is 11.7. The predicted molar refractivity (Wildman–Crippen MR) is 73.9 cm³/mol. The van der Waals surface area contributed by atoms with Crippen LogP contribution >= 0.6 is 0 Å². The van der Waals surface area contributed by atoms with Crippen LogP contribution in [0.15, 0.2) is 12.3 Å². The molecular weight excluding hydrogens is 256 g/mol. The van der Waals surface area contributed by atoms with Gasteiger partial charge in [-0.25, -0.2) is 0 Å². The minimum atomic E-state index is -0.245. The fourth-order valence-electron chi connectivity index (χ4n) is 3.19. The van der Waals surface area contributed by atoms with Gasteiger partial charge in [-0.3, -0.25) is 14.3 Å². The second kappa shape index (κ2) is 5.26. The fourth-order valence-corrected chi connectivity index (χ4v) is 3.19. The molecule has 20 heavy (non-hydrogen) atoms. The third-order valence-corrected chi connectivity index (χ3v) is 4.26. The maximum atomic E-state index is 12.2. The Labute approximate surface area is 118 Å². The summed E-state index contributed by atoms with van der Waals surface area (Å²) in [6.07, 6.45) is 6.66. The molecule has 2 heterocycles. The summed E-state index contributed by atoms with van der Waals surface area (Å²) in [5.74, 6) is 0.324. The van der Waals surface area contributed by atoms with Gasteiger partial charge in [0.05, 0.1) is 5.92 Å². The first-order valence-electron chi connectivity index (χ1n) is 7.23. The average molecular weight is 276 g/mol. The molecule has 1 aliphatic carbocycles. The Morgan fingerprint density at radius 1 is 1.40 bits per heavy atom. The molecule has 0 spiro atoms. The normalized spacial score (nSPS) is 23.6. The number of aromatic nitrogens is 2. The molecule has 2 aliphatic rings. The Balaban J connectivity index is 1.60. The standard InChI is InChI=1S/C14H20N4O2/c1-17-7-6-12(16-17)15-14(20)10-8-13(19)18(9-10)11-4-2-3-5-11/h6-7,10-11H,2-5,8-9H2,1H3,(H,15,16,20). The van der Waals surface area contributed by atoms with E-state index < -0.39 is 0 Å². The van der Waals surface area contributed by atoms with Gasteiger partial charge in [0.2, 0.25) is 11.8 Å². The number of hydrogen-bond donors (Lipinski definition) is 1. The number of amides is 2. The second-order valence-electron chi connectivity index (χ2n) is 5.75. The van der Waals surface area contributed by atoms with Crippen LogP contribution in [0.1, 0.15) is 32.1 Å². The topological polar surface area (TPSA) is 67.2 Å². The predicted octanol–water partition coefficient (Wildman–Crippen LogP) is 1.15. The highest BCUT2D eigenvalue weighted by molar-refractivity contribution is 5.96. The summed E-state index contributed by atoms with van der Waals surface area (Å²) in [6.45, 7) is 0.558. The van der Waals surface area contributed by atoms with E-state index in [-0.39, 0.29) is 17.7 Å². The Morgan fingerprint density at radius 2 is 2.15 bits per heavy atom. The minimum Gasteiger partial charge on any atom is -0.339 e. The molecular formula is C14H20N4O2. The summed E-state index contributed by atoms with van der Waals surface area (Å²) in [4.78, 5) is 26.2. The van der Waals surface area contributed by atoms with Gasteiger partial charge in [-0.15, -0.1) is 0 Å². The van der Waals surface area contributed by atoms with Crippen molar-refractivity contribution in [3.05, 3.63) is 12.3 Å². The number of likely N-dealkylation sites (tertiary alicyclic amines) is 1. The summed E-state index contributed by atoms with van der Waals surface area (Å²) < 4.78 is 1.64. The first kappa shape index (κ1) is 13.1. The zero-order chi connectivity index (χ0) is 14.1. The maximum absolute atomic E-state index is 12.2. The van der Waals surface area contributed by atoms with Crippen LogP contribution in [0.4, 0.5) is 5.82 Å². The largest absolute Gasteiger partial charge is 0.339 e. The summed E-state index contributed by atoms with van der Waals surface area (Å²) in [5, 5.41) is 6.91. The molecule has 1 saturated carbocycles. The smallest absolute Gasteiger partial charge is 0.230 e. The highest BCUT2D eigenvalue weighted by atomic mass is 16.2. The lowest BCUT2D eigenvalue weighted by molar-refractivity contribution is -0.129. The zero-order valence-electron chi connectivity index (χ0n) is 11.7. The van der Waals surface area contributed by atoms with E-state index in [1.54, 1.807) is 24.0 Å². The van der Waals surface area contributed by atoms with Gasteiger partial charge in [0, 0.05) is 38.3 Å². The number of nitrogens with one attached hydrogen (secondary N) is 1. The van der Waals surface area contributed by atoms with Gasteiger partial charge < -0.3 is 10.2 Å². The van der Waals surface area contributed by atoms with Gasteiger partial charge >= 0.3 is 0 Å². The molecule has 2 amide bonds. The molecule has 0 radical (unpaired) electrons. The monoisotopic (exact) mass is 276 g/mol. The Hall–Kier alpha value is -1.85. The lowest BCUT2D eigenvalue weighted by atomic mass is 10.1. The molecule has 6 heteroatoms. The van der Waals surface area contributed by atoms with Crippen LogP contribution in [0.5, 0.6) is 0 Å². The Kier molecular flexibility index (Phi) is 3.46. The minimum absolute atomic E-state index is 0.0995. The summed E-state index contributed by atoms with van der Waals surface area (Å²) in [5.41, 5.74) is 0. The van der Waals surface area contributed by atoms with Crippen molar-refractivity contribution in [1.82, 2.24) is 14.7 Å². The summed E-state index contributed by atoms with van der Waals surface area (Å²) in [6, 6.07) is 2.11. The van der Waals surface area contributed by atoms with E-state index in [1.165, 1.54) is 12.8 Å². The third kappa shape index (κ3) is 2.55. The molecule has 1 unspecified atom stereocenters. The average Bonchev–Trinajstić information content (AvgIpc) is 3.10. The van der Waals surface area contributed by atoms with E-state index in [4.69, 9.17) is 0 Å². The van der Waals surface area contributed by atoms with Crippen LogP contribution in [-0.2, 0) is 16.6 Å². The van der Waals surface area contributed by atoms with Gasteiger partial charge in [-0.1, -0.05) is 12.8 Å². The molecule has 0 aromatic carbocycles. The number of anilines is 1. The number of carbonyl (C=O) groups excluding carboxylic acids is 2. The fraction of sp³-hybridized carbons (Fsp3) is 0.643.